The summed E-state index contributed by atoms with van der Waals surface area (Å²) in [5, 5.41) is 4.84. The summed E-state index contributed by atoms with van der Waals surface area (Å²) in [5.41, 5.74) is 7.26. The zero-order valence-corrected chi connectivity index (χ0v) is 9.41. The zero-order valence-electron chi connectivity index (χ0n) is 7.90. The number of halogens is 2. The zero-order chi connectivity index (χ0) is 9.97. The highest BCUT2D eigenvalue weighted by Gasteiger charge is 2.00. The van der Waals surface area contributed by atoms with Crippen molar-refractivity contribution in [2.75, 3.05) is 5.73 Å². The van der Waals surface area contributed by atoms with Crippen molar-refractivity contribution in [1.29, 1.82) is 0 Å². The standard InChI is InChI=1S/C10H10ClN3.ClH/c11-10-4-2-1-3-8(10)6-14-7-9(12)5-13-14;/h1-5,7H,6,12H2;1H/p-1. The molecule has 0 unspecified atom stereocenters. The monoisotopic (exact) mass is 242 g/mol. The van der Waals surface area contributed by atoms with Gasteiger partial charge in [-0.05, 0) is 11.6 Å². The summed E-state index contributed by atoms with van der Waals surface area (Å²) in [6.07, 6.45) is 3.40. The fourth-order valence-corrected chi connectivity index (χ4v) is 1.46. The van der Waals surface area contributed by atoms with Crippen molar-refractivity contribution >= 4 is 17.3 Å². The topological polar surface area (TPSA) is 43.8 Å². The molecule has 0 spiro atoms. The summed E-state index contributed by atoms with van der Waals surface area (Å²) in [4.78, 5) is 0. The van der Waals surface area contributed by atoms with E-state index in [1.165, 1.54) is 0 Å². The van der Waals surface area contributed by atoms with Gasteiger partial charge < -0.3 is 18.1 Å². The molecule has 5 heteroatoms. The van der Waals surface area contributed by atoms with Gasteiger partial charge in [0, 0.05) is 11.2 Å². The van der Waals surface area contributed by atoms with Crippen molar-refractivity contribution in [3.8, 4) is 0 Å². The average Bonchev–Trinajstić information content (AvgIpc) is 2.56. The molecule has 0 aliphatic heterocycles. The van der Waals surface area contributed by atoms with Gasteiger partial charge in [-0.25, -0.2) is 0 Å². The molecule has 0 saturated carbocycles. The van der Waals surface area contributed by atoms with Crippen molar-refractivity contribution in [2.24, 2.45) is 0 Å². The summed E-state index contributed by atoms with van der Waals surface area (Å²) in [6.45, 7) is 0.650. The predicted molar refractivity (Wildman–Crippen MR) is 57.2 cm³/mol. The normalized spacial score (nSPS) is 9.67. The first kappa shape index (κ1) is 11.9. The number of rotatable bonds is 2. The molecule has 0 fully saturated rings. The fourth-order valence-electron chi connectivity index (χ4n) is 1.27. The number of hydrogen-bond acceptors (Lipinski definition) is 2. The van der Waals surface area contributed by atoms with Crippen LogP contribution in [0.25, 0.3) is 0 Å². The average molecular weight is 243 g/mol. The van der Waals surface area contributed by atoms with E-state index in [-0.39, 0.29) is 12.4 Å². The third kappa shape index (κ3) is 2.88. The van der Waals surface area contributed by atoms with Gasteiger partial charge in [0.05, 0.1) is 18.4 Å². The number of aromatic nitrogens is 2. The molecular weight excluding hydrogens is 233 g/mol. The van der Waals surface area contributed by atoms with Crippen molar-refractivity contribution in [1.82, 2.24) is 9.78 Å². The summed E-state index contributed by atoms with van der Waals surface area (Å²) in [6, 6.07) is 7.70. The Hall–Kier alpha value is -1.19. The molecule has 0 radical (unpaired) electrons. The smallest absolute Gasteiger partial charge is 0.0719 e. The Morgan fingerprint density at radius 2 is 2.07 bits per heavy atom. The number of nitrogens with two attached hydrogens (primary N) is 1. The van der Waals surface area contributed by atoms with Gasteiger partial charge in [0.2, 0.25) is 0 Å². The quantitative estimate of drug-likeness (QED) is 0.748. The van der Waals surface area contributed by atoms with Gasteiger partial charge in [-0.1, -0.05) is 29.8 Å². The minimum atomic E-state index is 0. The van der Waals surface area contributed by atoms with Gasteiger partial charge in [-0.15, -0.1) is 0 Å². The molecule has 80 valence electrons. The Morgan fingerprint density at radius 3 is 2.67 bits per heavy atom. The van der Waals surface area contributed by atoms with E-state index in [1.54, 1.807) is 17.1 Å². The van der Waals surface area contributed by atoms with Crippen LogP contribution in [0.4, 0.5) is 5.69 Å². The van der Waals surface area contributed by atoms with E-state index >= 15 is 0 Å². The third-order valence-corrected chi connectivity index (χ3v) is 2.31. The molecule has 0 bridgehead atoms. The third-order valence-electron chi connectivity index (χ3n) is 1.94. The molecule has 1 heterocycles. The second-order valence-electron chi connectivity index (χ2n) is 3.06. The molecular formula is C10H10Cl2N3-. The molecule has 3 nitrogen and oxygen atoms in total. The summed E-state index contributed by atoms with van der Waals surface area (Å²) >= 11 is 6.01. The molecule has 1 aromatic carbocycles. The highest BCUT2D eigenvalue weighted by Crippen LogP contribution is 2.16. The molecule has 0 saturated heterocycles. The largest absolute Gasteiger partial charge is 1.00 e. The van der Waals surface area contributed by atoms with E-state index in [0.717, 1.165) is 10.6 Å². The Balaban J connectivity index is 0.00000112. The first-order valence-electron chi connectivity index (χ1n) is 4.27. The minimum Gasteiger partial charge on any atom is -1.00 e. The van der Waals surface area contributed by atoms with Crippen LogP contribution >= 0.6 is 11.6 Å². The van der Waals surface area contributed by atoms with E-state index in [4.69, 9.17) is 17.3 Å². The van der Waals surface area contributed by atoms with Crippen LogP contribution in [0.1, 0.15) is 5.56 Å². The highest BCUT2D eigenvalue weighted by atomic mass is 35.5. The van der Waals surface area contributed by atoms with Crippen molar-refractivity contribution in [3.63, 3.8) is 0 Å². The summed E-state index contributed by atoms with van der Waals surface area (Å²) in [7, 11) is 0. The van der Waals surface area contributed by atoms with Gasteiger partial charge in [0.25, 0.3) is 0 Å². The van der Waals surface area contributed by atoms with Crippen LogP contribution in [-0.2, 0) is 6.54 Å². The first-order valence-corrected chi connectivity index (χ1v) is 4.65. The number of nitrogen functional groups attached to an aromatic ring is 1. The van der Waals surface area contributed by atoms with Crippen molar-refractivity contribution in [2.45, 2.75) is 6.54 Å². The van der Waals surface area contributed by atoms with E-state index in [2.05, 4.69) is 5.10 Å². The van der Waals surface area contributed by atoms with Crippen molar-refractivity contribution in [3.05, 3.63) is 47.2 Å². The van der Waals surface area contributed by atoms with E-state index < -0.39 is 0 Å². The second-order valence-corrected chi connectivity index (χ2v) is 3.47. The van der Waals surface area contributed by atoms with Gasteiger partial charge >= 0.3 is 0 Å². The summed E-state index contributed by atoms with van der Waals surface area (Å²) < 4.78 is 1.76. The van der Waals surface area contributed by atoms with Crippen LogP contribution < -0.4 is 18.1 Å². The molecule has 15 heavy (non-hydrogen) atoms. The van der Waals surface area contributed by atoms with Crippen LogP contribution in [0.15, 0.2) is 36.7 Å². The van der Waals surface area contributed by atoms with Gasteiger partial charge in [-0.2, -0.15) is 5.10 Å². The fraction of sp³-hybridized carbons (Fsp3) is 0.100. The molecule has 1 aromatic heterocycles. The molecule has 0 amide bonds. The molecule has 0 aliphatic rings. The van der Waals surface area contributed by atoms with Gasteiger partial charge in [-0.3, -0.25) is 4.68 Å². The lowest BCUT2D eigenvalue weighted by Gasteiger charge is -2.03. The lowest BCUT2D eigenvalue weighted by molar-refractivity contribution is -0.00000285. The maximum atomic E-state index is 6.01. The Labute approximate surface area is 99.3 Å². The van der Waals surface area contributed by atoms with Gasteiger partial charge in [0.1, 0.15) is 0 Å². The minimum absolute atomic E-state index is 0. The maximum Gasteiger partial charge on any atom is 0.0719 e. The van der Waals surface area contributed by atoms with E-state index in [0.29, 0.717) is 12.2 Å². The lowest BCUT2D eigenvalue weighted by atomic mass is 10.2. The predicted octanol–water partition coefficient (Wildman–Crippen LogP) is -0.829. The molecule has 2 N–H and O–H groups in total. The maximum absolute atomic E-state index is 6.01. The molecule has 0 aliphatic carbocycles. The SMILES string of the molecule is Nc1cnn(Cc2ccccc2Cl)c1.[Cl-]. The second kappa shape index (κ2) is 5.05. The first-order chi connectivity index (χ1) is 6.75. The Morgan fingerprint density at radius 1 is 1.33 bits per heavy atom. The number of anilines is 1. The number of benzene rings is 1. The molecule has 2 rings (SSSR count). The number of hydrogen-bond donors (Lipinski definition) is 1. The van der Waals surface area contributed by atoms with Crippen LogP contribution in [0, 0.1) is 0 Å². The number of nitrogens with zero attached hydrogens (tertiary/aromatic N) is 2. The van der Waals surface area contributed by atoms with Gasteiger partial charge in [0.15, 0.2) is 0 Å². The van der Waals surface area contributed by atoms with Crippen LogP contribution in [0.2, 0.25) is 5.02 Å². The van der Waals surface area contributed by atoms with Crippen LogP contribution in [0.3, 0.4) is 0 Å². The molecule has 0 atom stereocenters. The Bertz CT molecular complexity index is 440. The van der Waals surface area contributed by atoms with E-state index in [1.807, 2.05) is 24.3 Å². The summed E-state index contributed by atoms with van der Waals surface area (Å²) in [5.74, 6) is 0. The Kier molecular flexibility index (Phi) is 4.00. The van der Waals surface area contributed by atoms with Crippen LogP contribution in [0.5, 0.6) is 0 Å². The molecule has 2 aromatic rings. The van der Waals surface area contributed by atoms with Crippen molar-refractivity contribution < 1.29 is 12.4 Å². The highest BCUT2D eigenvalue weighted by molar-refractivity contribution is 6.31. The lowest BCUT2D eigenvalue weighted by Crippen LogP contribution is -3.00. The van der Waals surface area contributed by atoms with Crippen LogP contribution in [-0.4, -0.2) is 9.78 Å². The van der Waals surface area contributed by atoms with E-state index in [9.17, 15) is 0 Å².